The molecule has 1 aromatic rings. The largest absolute Gasteiger partial charge is 0.396 e. The maximum atomic E-state index is 13.1. The van der Waals surface area contributed by atoms with Gasteiger partial charge in [-0.1, -0.05) is 0 Å². The highest BCUT2D eigenvalue weighted by molar-refractivity contribution is 7.99. The Balaban J connectivity index is 1.90. The molecule has 0 saturated carbocycles. The van der Waals surface area contributed by atoms with Gasteiger partial charge in [-0.15, -0.1) is 11.8 Å². The van der Waals surface area contributed by atoms with Gasteiger partial charge in [0.1, 0.15) is 5.82 Å². The molecule has 82 valence electrons. The summed E-state index contributed by atoms with van der Waals surface area (Å²) in [6.07, 6.45) is 2.48. The van der Waals surface area contributed by atoms with Crippen LogP contribution in [-0.2, 0) is 0 Å². The number of nitrogens with two attached hydrogens (primary N) is 1. The maximum absolute atomic E-state index is 13.1. The summed E-state index contributed by atoms with van der Waals surface area (Å²) in [5, 5.41) is 3.41. The predicted octanol–water partition coefficient (Wildman–Crippen LogP) is 2.25. The Kier molecular flexibility index (Phi) is 3.49. The molecule has 1 saturated heterocycles. The lowest BCUT2D eigenvalue weighted by Gasteiger charge is -2.09. The van der Waals surface area contributed by atoms with Crippen molar-refractivity contribution in [2.75, 3.05) is 18.0 Å². The molecule has 4 heteroatoms. The van der Waals surface area contributed by atoms with Gasteiger partial charge in [0.15, 0.2) is 0 Å². The Morgan fingerprint density at radius 1 is 1.53 bits per heavy atom. The van der Waals surface area contributed by atoms with E-state index in [1.807, 2.05) is 6.07 Å². The number of anilines is 1. The smallest absolute Gasteiger partial charge is 0.147 e. The molecule has 1 aliphatic heterocycles. The molecular formula is C11H15FN2S. The third-order valence-electron chi connectivity index (χ3n) is 2.59. The summed E-state index contributed by atoms with van der Waals surface area (Å²) in [7, 11) is 0. The predicted molar refractivity (Wildman–Crippen MR) is 62.6 cm³/mol. The normalized spacial score (nSPS) is 20.7. The molecule has 2 nitrogen and oxygen atoms in total. The summed E-state index contributed by atoms with van der Waals surface area (Å²) in [5.74, 6) is 0.683. The number of thioether (sulfide) groups is 1. The van der Waals surface area contributed by atoms with Gasteiger partial charge >= 0.3 is 0 Å². The van der Waals surface area contributed by atoms with Crippen LogP contribution in [0.25, 0.3) is 0 Å². The summed E-state index contributed by atoms with van der Waals surface area (Å²) in [6, 6.07) is 5.59. The van der Waals surface area contributed by atoms with Gasteiger partial charge in [0, 0.05) is 16.7 Å². The van der Waals surface area contributed by atoms with E-state index in [2.05, 4.69) is 5.32 Å². The summed E-state index contributed by atoms with van der Waals surface area (Å²) in [4.78, 5) is 0.954. The first-order valence-corrected chi connectivity index (χ1v) is 6.15. The van der Waals surface area contributed by atoms with Crippen LogP contribution in [0.5, 0.6) is 0 Å². The highest BCUT2D eigenvalue weighted by Crippen LogP contribution is 2.24. The Morgan fingerprint density at radius 3 is 3.07 bits per heavy atom. The maximum Gasteiger partial charge on any atom is 0.147 e. The lowest BCUT2D eigenvalue weighted by Crippen LogP contribution is -2.23. The second kappa shape index (κ2) is 4.86. The molecular weight excluding hydrogens is 211 g/mol. The molecule has 0 bridgehead atoms. The van der Waals surface area contributed by atoms with Gasteiger partial charge in [0.25, 0.3) is 0 Å². The van der Waals surface area contributed by atoms with Crippen molar-refractivity contribution >= 4 is 17.4 Å². The van der Waals surface area contributed by atoms with Gasteiger partial charge in [-0.2, -0.15) is 0 Å². The van der Waals surface area contributed by atoms with E-state index in [1.165, 1.54) is 18.9 Å². The monoisotopic (exact) mass is 226 g/mol. The van der Waals surface area contributed by atoms with Crippen LogP contribution in [0.3, 0.4) is 0 Å². The summed E-state index contributed by atoms with van der Waals surface area (Å²) < 4.78 is 13.1. The van der Waals surface area contributed by atoms with E-state index in [-0.39, 0.29) is 11.5 Å². The van der Waals surface area contributed by atoms with E-state index in [4.69, 9.17) is 5.73 Å². The minimum absolute atomic E-state index is 0.221. The zero-order chi connectivity index (χ0) is 10.7. The second-order valence-electron chi connectivity index (χ2n) is 3.79. The van der Waals surface area contributed by atoms with Crippen LogP contribution in [-0.4, -0.2) is 18.3 Å². The zero-order valence-corrected chi connectivity index (χ0v) is 9.32. The molecule has 2 rings (SSSR count). The summed E-state index contributed by atoms with van der Waals surface area (Å²) in [6.45, 7) is 1.11. The number of nitrogen functional groups attached to an aromatic ring is 1. The number of hydrogen-bond acceptors (Lipinski definition) is 3. The molecule has 1 aromatic carbocycles. The van der Waals surface area contributed by atoms with Crippen LogP contribution in [0.15, 0.2) is 23.1 Å². The van der Waals surface area contributed by atoms with E-state index in [9.17, 15) is 4.39 Å². The Hall–Kier alpha value is -0.740. The van der Waals surface area contributed by atoms with Gasteiger partial charge in [0.2, 0.25) is 0 Å². The van der Waals surface area contributed by atoms with Gasteiger partial charge in [-0.3, -0.25) is 0 Å². The van der Waals surface area contributed by atoms with E-state index < -0.39 is 0 Å². The van der Waals surface area contributed by atoms with Crippen LogP contribution >= 0.6 is 11.8 Å². The van der Waals surface area contributed by atoms with Crippen LogP contribution in [0.2, 0.25) is 0 Å². The summed E-state index contributed by atoms with van der Waals surface area (Å²) in [5.41, 5.74) is 5.63. The van der Waals surface area contributed by atoms with Crippen molar-refractivity contribution in [3.63, 3.8) is 0 Å². The van der Waals surface area contributed by atoms with Crippen molar-refractivity contribution in [1.82, 2.24) is 5.32 Å². The zero-order valence-electron chi connectivity index (χ0n) is 8.50. The van der Waals surface area contributed by atoms with Crippen LogP contribution < -0.4 is 11.1 Å². The average molecular weight is 226 g/mol. The van der Waals surface area contributed by atoms with Gasteiger partial charge in [-0.05, 0) is 37.6 Å². The van der Waals surface area contributed by atoms with Crippen LogP contribution in [0, 0.1) is 5.82 Å². The number of benzene rings is 1. The molecule has 3 N–H and O–H groups in total. The van der Waals surface area contributed by atoms with Crippen LogP contribution in [0.4, 0.5) is 10.1 Å². The van der Waals surface area contributed by atoms with Gasteiger partial charge in [0.05, 0.1) is 5.69 Å². The molecule has 1 atom stereocenters. The van der Waals surface area contributed by atoms with Crippen molar-refractivity contribution in [2.45, 2.75) is 23.8 Å². The molecule has 1 aliphatic rings. The first-order valence-electron chi connectivity index (χ1n) is 5.17. The van der Waals surface area contributed by atoms with Gasteiger partial charge in [-0.25, -0.2) is 4.39 Å². The molecule has 0 unspecified atom stereocenters. The number of nitrogens with one attached hydrogen (secondary N) is 1. The standard InChI is InChI=1S/C11H15FN2S/c12-10-6-9(3-4-11(10)13)15-7-8-2-1-5-14-8/h3-4,6,8,14H,1-2,5,7,13H2/t8-/m1/s1. The first kappa shape index (κ1) is 10.8. The molecule has 0 aromatic heterocycles. The van der Waals surface area contributed by atoms with Crippen molar-refractivity contribution in [3.8, 4) is 0 Å². The Morgan fingerprint density at radius 2 is 2.40 bits per heavy atom. The van der Waals surface area contributed by atoms with E-state index in [1.54, 1.807) is 17.8 Å². The SMILES string of the molecule is Nc1ccc(SC[C@H]2CCCN2)cc1F. The first-order chi connectivity index (χ1) is 7.25. The molecule has 0 radical (unpaired) electrons. The molecule has 0 amide bonds. The third kappa shape index (κ3) is 2.86. The molecule has 0 spiro atoms. The summed E-state index contributed by atoms with van der Waals surface area (Å²) >= 11 is 1.68. The number of halogens is 1. The fraction of sp³-hybridized carbons (Fsp3) is 0.455. The van der Waals surface area contributed by atoms with Gasteiger partial charge < -0.3 is 11.1 Å². The second-order valence-corrected chi connectivity index (χ2v) is 4.88. The topological polar surface area (TPSA) is 38.0 Å². The van der Waals surface area contributed by atoms with Crippen molar-refractivity contribution < 1.29 is 4.39 Å². The van der Waals surface area contributed by atoms with Crippen molar-refractivity contribution in [1.29, 1.82) is 0 Å². The van der Waals surface area contributed by atoms with Crippen LogP contribution in [0.1, 0.15) is 12.8 Å². The minimum atomic E-state index is -0.320. The fourth-order valence-electron chi connectivity index (χ4n) is 1.69. The Bertz CT molecular complexity index is 337. The minimum Gasteiger partial charge on any atom is -0.396 e. The lowest BCUT2D eigenvalue weighted by atomic mass is 10.3. The highest BCUT2D eigenvalue weighted by Gasteiger charge is 2.14. The fourth-order valence-corrected chi connectivity index (χ4v) is 2.72. The number of rotatable bonds is 3. The quantitative estimate of drug-likeness (QED) is 0.613. The van der Waals surface area contributed by atoms with E-state index in [0.29, 0.717) is 6.04 Å². The molecule has 1 heterocycles. The molecule has 15 heavy (non-hydrogen) atoms. The van der Waals surface area contributed by atoms with Crippen molar-refractivity contribution in [3.05, 3.63) is 24.0 Å². The molecule has 1 fully saturated rings. The lowest BCUT2D eigenvalue weighted by molar-refractivity contribution is 0.629. The molecule has 0 aliphatic carbocycles. The van der Waals surface area contributed by atoms with E-state index >= 15 is 0 Å². The average Bonchev–Trinajstić information content (AvgIpc) is 2.73. The third-order valence-corrected chi connectivity index (χ3v) is 3.74. The highest BCUT2D eigenvalue weighted by atomic mass is 32.2. The number of hydrogen-bond donors (Lipinski definition) is 2. The Labute approximate surface area is 93.4 Å². The van der Waals surface area contributed by atoms with E-state index in [0.717, 1.165) is 17.2 Å². The van der Waals surface area contributed by atoms with Crippen molar-refractivity contribution in [2.24, 2.45) is 0 Å².